The maximum absolute atomic E-state index is 11.8. The van der Waals surface area contributed by atoms with Gasteiger partial charge >= 0.3 is 0 Å². The smallest absolute Gasteiger partial charge is 0.261 e. The molecule has 0 aliphatic carbocycles. The summed E-state index contributed by atoms with van der Waals surface area (Å²) in [4.78, 5) is 0. The van der Waals surface area contributed by atoms with Gasteiger partial charge in [0, 0.05) is 6.54 Å². The fourth-order valence-corrected chi connectivity index (χ4v) is 1.38. The number of aliphatic hydroxyl groups is 1. The minimum atomic E-state index is -2.47. The fraction of sp³-hybridized carbons (Fsp3) is 1.00. The van der Waals surface area contributed by atoms with Gasteiger partial charge in [0.15, 0.2) is 0 Å². The van der Waals surface area contributed by atoms with E-state index >= 15 is 0 Å². The summed E-state index contributed by atoms with van der Waals surface area (Å²) in [7, 11) is 0. The average molecular weight is 195 g/mol. The van der Waals surface area contributed by atoms with Crippen LogP contribution in [0, 0.1) is 0 Å². The highest BCUT2D eigenvalue weighted by Crippen LogP contribution is 2.20. The Bertz CT molecular complexity index is 164. The Morgan fingerprint density at radius 3 is 2.92 bits per heavy atom. The molecule has 0 aromatic carbocycles. The van der Waals surface area contributed by atoms with Gasteiger partial charge in [0.2, 0.25) is 0 Å². The summed E-state index contributed by atoms with van der Waals surface area (Å²) >= 11 is 0. The van der Waals surface area contributed by atoms with Crippen LogP contribution >= 0.6 is 0 Å². The first-order chi connectivity index (χ1) is 6.02. The molecule has 0 bridgehead atoms. The van der Waals surface area contributed by atoms with Crippen molar-refractivity contribution in [2.75, 3.05) is 19.7 Å². The van der Waals surface area contributed by atoms with Gasteiger partial charge in [0.25, 0.3) is 6.43 Å². The van der Waals surface area contributed by atoms with E-state index in [-0.39, 0.29) is 0 Å². The van der Waals surface area contributed by atoms with E-state index in [1.807, 2.05) is 0 Å². The molecule has 5 heteroatoms. The van der Waals surface area contributed by atoms with Crippen LogP contribution < -0.4 is 5.32 Å². The molecule has 78 valence electrons. The number of rotatable bonds is 3. The van der Waals surface area contributed by atoms with Crippen molar-refractivity contribution in [2.45, 2.75) is 31.5 Å². The number of nitrogens with one attached hydrogen (secondary N) is 1. The van der Waals surface area contributed by atoms with Gasteiger partial charge in [0.1, 0.15) is 6.61 Å². The topological polar surface area (TPSA) is 41.5 Å². The lowest BCUT2D eigenvalue weighted by Crippen LogP contribution is -2.53. The molecule has 0 amide bonds. The van der Waals surface area contributed by atoms with Crippen LogP contribution in [0.2, 0.25) is 0 Å². The summed E-state index contributed by atoms with van der Waals surface area (Å²) in [5, 5.41) is 12.7. The summed E-state index contributed by atoms with van der Waals surface area (Å²) < 4.78 is 28.5. The van der Waals surface area contributed by atoms with Gasteiger partial charge in [0.05, 0.1) is 11.7 Å². The predicted molar refractivity (Wildman–Crippen MR) is 43.9 cm³/mol. The molecule has 13 heavy (non-hydrogen) atoms. The van der Waals surface area contributed by atoms with Crippen LogP contribution in [-0.4, -0.2) is 42.9 Å². The van der Waals surface area contributed by atoms with E-state index in [2.05, 4.69) is 5.32 Å². The molecular weight excluding hydrogens is 180 g/mol. The van der Waals surface area contributed by atoms with Crippen LogP contribution in [0.1, 0.15) is 13.3 Å². The van der Waals surface area contributed by atoms with E-state index in [9.17, 15) is 13.9 Å². The molecule has 2 atom stereocenters. The first kappa shape index (κ1) is 10.8. The van der Waals surface area contributed by atoms with Gasteiger partial charge in [-0.1, -0.05) is 0 Å². The highest BCUT2D eigenvalue weighted by Gasteiger charge is 2.35. The second-order valence-corrected chi connectivity index (χ2v) is 3.52. The molecule has 3 nitrogen and oxygen atoms in total. The summed E-state index contributed by atoms with van der Waals surface area (Å²) in [5.41, 5.74) is -0.986. The van der Waals surface area contributed by atoms with E-state index in [0.717, 1.165) is 0 Å². The van der Waals surface area contributed by atoms with Gasteiger partial charge in [-0.25, -0.2) is 8.78 Å². The Labute approximate surface area is 76.1 Å². The molecule has 1 aliphatic heterocycles. The number of ether oxygens (including phenoxy) is 1. The zero-order valence-electron chi connectivity index (χ0n) is 7.59. The maximum Gasteiger partial charge on any atom is 0.261 e. The maximum atomic E-state index is 11.8. The van der Waals surface area contributed by atoms with Gasteiger partial charge in [-0.05, 0) is 19.9 Å². The van der Waals surface area contributed by atoms with Crippen LogP contribution in [0.5, 0.6) is 0 Å². The van der Waals surface area contributed by atoms with Gasteiger partial charge in [-0.3, -0.25) is 0 Å². The monoisotopic (exact) mass is 195 g/mol. The van der Waals surface area contributed by atoms with Crippen LogP contribution in [-0.2, 0) is 4.74 Å². The Kier molecular flexibility index (Phi) is 3.58. The molecule has 1 fully saturated rings. The van der Waals surface area contributed by atoms with Crippen molar-refractivity contribution >= 4 is 0 Å². The molecule has 0 spiro atoms. The zero-order valence-corrected chi connectivity index (χ0v) is 7.59. The van der Waals surface area contributed by atoms with Crippen LogP contribution in [0.3, 0.4) is 0 Å². The minimum absolute atomic E-state index is 0.430. The number of alkyl halides is 2. The minimum Gasteiger partial charge on any atom is -0.387 e. The molecule has 0 aromatic rings. The molecule has 1 rings (SSSR count). The molecule has 2 unspecified atom stereocenters. The quantitative estimate of drug-likeness (QED) is 0.684. The number of piperidine rings is 1. The third-order valence-corrected chi connectivity index (χ3v) is 2.25. The Hall–Kier alpha value is -0.260. The Balaban J connectivity index is 2.37. The third kappa shape index (κ3) is 3.17. The van der Waals surface area contributed by atoms with Gasteiger partial charge in [-0.2, -0.15) is 0 Å². The predicted octanol–water partition coefficient (Wildman–Crippen LogP) is 0.381. The number of hydrogen-bond acceptors (Lipinski definition) is 3. The van der Waals surface area contributed by atoms with Crippen molar-refractivity contribution in [1.82, 2.24) is 5.32 Å². The molecule has 0 radical (unpaired) electrons. The molecule has 0 aromatic heterocycles. The second-order valence-electron chi connectivity index (χ2n) is 3.52. The van der Waals surface area contributed by atoms with Crippen molar-refractivity contribution in [3.63, 3.8) is 0 Å². The van der Waals surface area contributed by atoms with E-state index < -0.39 is 24.7 Å². The molecule has 1 aliphatic rings. The summed E-state index contributed by atoms with van der Waals surface area (Å²) in [6, 6.07) is 0. The first-order valence-electron chi connectivity index (χ1n) is 4.35. The number of hydrogen-bond donors (Lipinski definition) is 2. The lowest BCUT2D eigenvalue weighted by Gasteiger charge is -2.37. The molecule has 1 heterocycles. The molecule has 2 N–H and O–H groups in total. The van der Waals surface area contributed by atoms with Crippen LogP contribution in [0.25, 0.3) is 0 Å². The Morgan fingerprint density at radius 2 is 2.38 bits per heavy atom. The van der Waals surface area contributed by atoms with E-state index in [0.29, 0.717) is 19.5 Å². The van der Waals surface area contributed by atoms with E-state index in [4.69, 9.17) is 4.74 Å². The third-order valence-electron chi connectivity index (χ3n) is 2.25. The first-order valence-corrected chi connectivity index (χ1v) is 4.35. The van der Waals surface area contributed by atoms with Crippen molar-refractivity contribution in [1.29, 1.82) is 0 Å². The van der Waals surface area contributed by atoms with E-state index in [1.165, 1.54) is 0 Å². The van der Waals surface area contributed by atoms with Crippen molar-refractivity contribution < 1.29 is 18.6 Å². The van der Waals surface area contributed by atoms with E-state index in [1.54, 1.807) is 6.92 Å². The largest absolute Gasteiger partial charge is 0.387 e. The highest BCUT2D eigenvalue weighted by molar-refractivity contribution is 4.89. The van der Waals surface area contributed by atoms with Crippen molar-refractivity contribution in [2.24, 2.45) is 0 Å². The zero-order chi connectivity index (χ0) is 9.90. The highest BCUT2D eigenvalue weighted by atomic mass is 19.3. The van der Waals surface area contributed by atoms with Crippen LogP contribution in [0.4, 0.5) is 8.78 Å². The SMILES string of the molecule is CC1(O)CCNCC1OCC(F)F. The number of halogens is 2. The Morgan fingerprint density at radius 1 is 1.69 bits per heavy atom. The van der Waals surface area contributed by atoms with Gasteiger partial charge < -0.3 is 15.2 Å². The fourth-order valence-electron chi connectivity index (χ4n) is 1.38. The molecule has 0 saturated carbocycles. The standard InChI is InChI=1S/C8H15F2NO2/c1-8(12)2-3-11-4-6(8)13-5-7(9)10/h6-7,11-12H,2-5H2,1H3. The summed E-state index contributed by atoms with van der Waals surface area (Å²) in [6.45, 7) is 2.13. The molecule has 1 saturated heterocycles. The second kappa shape index (κ2) is 4.30. The lowest BCUT2D eigenvalue weighted by atomic mass is 9.92. The normalized spacial score (nSPS) is 35.3. The summed E-state index contributed by atoms with van der Waals surface area (Å²) in [5.74, 6) is 0. The van der Waals surface area contributed by atoms with Gasteiger partial charge in [-0.15, -0.1) is 0 Å². The molecular formula is C8H15F2NO2. The van der Waals surface area contributed by atoms with Crippen molar-refractivity contribution in [3.05, 3.63) is 0 Å². The van der Waals surface area contributed by atoms with Crippen molar-refractivity contribution in [3.8, 4) is 0 Å². The summed E-state index contributed by atoms with van der Waals surface area (Å²) in [6.07, 6.45) is -2.48. The average Bonchev–Trinajstić information content (AvgIpc) is 2.01. The van der Waals surface area contributed by atoms with Crippen LogP contribution in [0.15, 0.2) is 0 Å². The lowest BCUT2D eigenvalue weighted by molar-refractivity contribution is -0.131.